The molecule has 3 N–H and O–H groups in total. The van der Waals surface area contributed by atoms with Crippen molar-refractivity contribution >= 4 is 23.2 Å². The summed E-state index contributed by atoms with van der Waals surface area (Å²) in [5.74, 6) is -1.03. The molecule has 0 aromatic heterocycles. The van der Waals surface area contributed by atoms with Crippen LogP contribution in [0.25, 0.3) is 0 Å². The van der Waals surface area contributed by atoms with Crippen molar-refractivity contribution < 1.29 is 14.0 Å². The lowest BCUT2D eigenvalue weighted by atomic mass is 10.1. The monoisotopic (exact) mass is 341 g/mol. The van der Waals surface area contributed by atoms with Crippen LogP contribution in [-0.2, 0) is 16.0 Å². The largest absolute Gasteiger partial charge is 0.326 e. The summed E-state index contributed by atoms with van der Waals surface area (Å²) in [6.45, 7) is 1.47. The van der Waals surface area contributed by atoms with Crippen molar-refractivity contribution in [3.8, 4) is 0 Å². The van der Waals surface area contributed by atoms with Crippen molar-refractivity contribution in [2.24, 2.45) is 5.92 Å². The smallest absolute Gasteiger partial charge is 0.228 e. The lowest BCUT2D eigenvalue weighted by Crippen LogP contribution is -2.24. The summed E-state index contributed by atoms with van der Waals surface area (Å²) < 4.78 is 14.0. The minimum absolute atomic E-state index is 0.0586. The van der Waals surface area contributed by atoms with Gasteiger partial charge in [-0.05, 0) is 36.7 Å². The third-order valence-corrected chi connectivity index (χ3v) is 4.15. The standard InChI is InChI=1S/C19H20FN3O2/c20-16-7-6-15(22-19(25)14-8-9-21-12-14)11-17(16)23-18(24)10-13-4-2-1-3-5-13/h1-7,11,14,21H,8-10,12H2,(H,22,25)(H,23,24). The summed E-state index contributed by atoms with van der Waals surface area (Å²) in [4.78, 5) is 24.2. The topological polar surface area (TPSA) is 70.2 Å². The van der Waals surface area contributed by atoms with E-state index in [1.807, 2.05) is 30.3 Å². The van der Waals surface area contributed by atoms with E-state index in [0.717, 1.165) is 18.5 Å². The number of hydrogen-bond donors (Lipinski definition) is 3. The summed E-state index contributed by atoms with van der Waals surface area (Å²) in [5.41, 5.74) is 1.37. The molecule has 6 heteroatoms. The first kappa shape index (κ1) is 17.1. The van der Waals surface area contributed by atoms with Gasteiger partial charge in [0.2, 0.25) is 11.8 Å². The highest BCUT2D eigenvalue weighted by Crippen LogP contribution is 2.21. The van der Waals surface area contributed by atoms with Crippen LogP contribution in [-0.4, -0.2) is 24.9 Å². The van der Waals surface area contributed by atoms with Gasteiger partial charge in [0.1, 0.15) is 5.82 Å². The van der Waals surface area contributed by atoms with Gasteiger partial charge in [0.25, 0.3) is 0 Å². The highest BCUT2D eigenvalue weighted by molar-refractivity contribution is 5.95. The maximum absolute atomic E-state index is 14.0. The Hall–Kier alpha value is -2.73. The first-order valence-electron chi connectivity index (χ1n) is 8.27. The van der Waals surface area contributed by atoms with E-state index in [-0.39, 0.29) is 29.8 Å². The third kappa shape index (κ3) is 4.64. The maximum atomic E-state index is 14.0. The molecule has 130 valence electrons. The van der Waals surface area contributed by atoms with E-state index in [1.54, 1.807) is 0 Å². The second-order valence-electron chi connectivity index (χ2n) is 6.08. The van der Waals surface area contributed by atoms with Crippen molar-refractivity contribution in [1.29, 1.82) is 0 Å². The Morgan fingerprint density at radius 3 is 2.64 bits per heavy atom. The Morgan fingerprint density at radius 1 is 1.12 bits per heavy atom. The van der Waals surface area contributed by atoms with Gasteiger partial charge in [0, 0.05) is 12.2 Å². The highest BCUT2D eigenvalue weighted by atomic mass is 19.1. The maximum Gasteiger partial charge on any atom is 0.228 e. The van der Waals surface area contributed by atoms with Crippen LogP contribution in [0.1, 0.15) is 12.0 Å². The van der Waals surface area contributed by atoms with Gasteiger partial charge in [0.15, 0.2) is 0 Å². The quantitative estimate of drug-likeness (QED) is 0.783. The number of amides is 2. The number of benzene rings is 2. The van der Waals surface area contributed by atoms with Gasteiger partial charge in [-0.25, -0.2) is 4.39 Å². The Kier molecular flexibility index (Phi) is 5.40. The molecule has 0 spiro atoms. The van der Waals surface area contributed by atoms with Crippen LogP contribution in [0.3, 0.4) is 0 Å². The average Bonchev–Trinajstić information content (AvgIpc) is 3.13. The summed E-state index contributed by atoms with van der Waals surface area (Å²) in [5, 5.41) is 8.47. The minimum atomic E-state index is -0.540. The molecule has 2 aromatic rings. The first-order chi connectivity index (χ1) is 12.1. The fourth-order valence-electron chi connectivity index (χ4n) is 2.80. The molecule has 1 aliphatic rings. The van der Waals surface area contributed by atoms with Crippen LogP contribution in [0.15, 0.2) is 48.5 Å². The SMILES string of the molecule is O=C(Cc1ccccc1)Nc1cc(NC(=O)C2CCNC2)ccc1F. The Morgan fingerprint density at radius 2 is 1.92 bits per heavy atom. The van der Waals surface area contributed by atoms with E-state index in [1.165, 1.54) is 18.2 Å². The van der Waals surface area contributed by atoms with Crippen LogP contribution in [0, 0.1) is 11.7 Å². The average molecular weight is 341 g/mol. The predicted molar refractivity (Wildman–Crippen MR) is 94.8 cm³/mol. The Balaban J connectivity index is 1.64. The van der Waals surface area contributed by atoms with Crippen LogP contribution < -0.4 is 16.0 Å². The first-order valence-corrected chi connectivity index (χ1v) is 8.27. The number of rotatable bonds is 5. The Bertz CT molecular complexity index is 759. The van der Waals surface area contributed by atoms with Crippen LogP contribution in [0.5, 0.6) is 0 Å². The fraction of sp³-hybridized carbons (Fsp3) is 0.263. The Labute approximate surface area is 145 Å². The van der Waals surface area contributed by atoms with Crippen molar-refractivity contribution in [2.45, 2.75) is 12.8 Å². The van der Waals surface area contributed by atoms with Gasteiger partial charge < -0.3 is 16.0 Å². The van der Waals surface area contributed by atoms with Gasteiger partial charge in [-0.3, -0.25) is 9.59 Å². The second-order valence-corrected chi connectivity index (χ2v) is 6.08. The third-order valence-electron chi connectivity index (χ3n) is 4.15. The summed E-state index contributed by atoms with van der Waals surface area (Å²) in [6, 6.07) is 13.4. The second kappa shape index (κ2) is 7.90. The number of hydrogen-bond acceptors (Lipinski definition) is 3. The lowest BCUT2D eigenvalue weighted by Gasteiger charge is -2.12. The van der Waals surface area contributed by atoms with Crippen molar-refractivity contribution in [3.05, 3.63) is 59.9 Å². The molecule has 0 bridgehead atoms. The number of carbonyl (C=O) groups excluding carboxylic acids is 2. The molecule has 1 heterocycles. The van der Waals surface area contributed by atoms with Crippen molar-refractivity contribution in [1.82, 2.24) is 5.32 Å². The molecule has 0 aliphatic carbocycles. The number of halogens is 1. The molecule has 1 fully saturated rings. The molecule has 1 aliphatic heterocycles. The molecule has 1 atom stereocenters. The molecule has 3 rings (SSSR count). The van der Waals surface area contributed by atoms with Crippen LogP contribution in [0.2, 0.25) is 0 Å². The molecule has 1 unspecified atom stereocenters. The van der Waals surface area contributed by atoms with E-state index in [2.05, 4.69) is 16.0 Å². The number of carbonyl (C=O) groups is 2. The van der Waals surface area contributed by atoms with Crippen molar-refractivity contribution in [2.75, 3.05) is 23.7 Å². The van der Waals surface area contributed by atoms with Gasteiger partial charge in [-0.1, -0.05) is 30.3 Å². The predicted octanol–water partition coefficient (Wildman–Crippen LogP) is 2.55. The molecular formula is C19H20FN3O2. The zero-order chi connectivity index (χ0) is 17.6. The molecular weight excluding hydrogens is 321 g/mol. The zero-order valence-corrected chi connectivity index (χ0v) is 13.7. The van der Waals surface area contributed by atoms with Crippen molar-refractivity contribution in [3.63, 3.8) is 0 Å². The van der Waals surface area contributed by atoms with E-state index in [4.69, 9.17) is 0 Å². The molecule has 2 aromatic carbocycles. The molecule has 1 saturated heterocycles. The molecule has 5 nitrogen and oxygen atoms in total. The fourth-order valence-corrected chi connectivity index (χ4v) is 2.80. The highest BCUT2D eigenvalue weighted by Gasteiger charge is 2.22. The lowest BCUT2D eigenvalue weighted by molar-refractivity contribution is -0.119. The van der Waals surface area contributed by atoms with E-state index in [9.17, 15) is 14.0 Å². The van der Waals surface area contributed by atoms with Crippen LogP contribution >= 0.6 is 0 Å². The number of nitrogens with one attached hydrogen (secondary N) is 3. The summed E-state index contributed by atoms with van der Waals surface area (Å²) in [7, 11) is 0. The van der Waals surface area contributed by atoms with Gasteiger partial charge in [-0.15, -0.1) is 0 Å². The molecule has 0 saturated carbocycles. The van der Waals surface area contributed by atoms with E-state index < -0.39 is 5.82 Å². The molecule has 2 amide bonds. The van der Waals surface area contributed by atoms with Crippen LogP contribution in [0.4, 0.5) is 15.8 Å². The van der Waals surface area contributed by atoms with Gasteiger partial charge in [0.05, 0.1) is 18.0 Å². The van der Waals surface area contributed by atoms with E-state index >= 15 is 0 Å². The summed E-state index contributed by atoms with van der Waals surface area (Å²) in [6.07, 6.45) is 0.943. The summed E-state index contributed by atoms with van der Waals surface area (Å²) >= 11 is 0. The zero-order valence-electron chi connectivity index (χ0n) is 13.7. The molecule has 25 heavy (non-hydrogen) atoms. The normalized spacial score (nSPS) is 16.4. The minimum Gasteiger partial charge on any atom is -0.326 e. The number of anilines is 2. The van der Waals surface area contributed by atoms with Gasteiger partial charge in [-0.2, -0.15) is 0 Å². The molecule has 0 radical (unpaired) electrons. The van der Waals surface area contributed by atoms with Gasteiger partial charge >= 0.3 is 0 Å². The van der Waals surface area contributed by atoms with E-state index in [0.29, 0.717) is 12.2 Å².